The van der Waals surface area contributed by atoms with E-state index in [2.05, 4.69) is 20.7 Å². The van der Waals surface area contributed by atoms with Crippen LogP contribution >= 0.6 is 11.6 Å². The number of urea groups is 1. The fourth-order valence-corrected chi connectivity index (χ4v) is 5.23. The molecule has 3 atom stereocenters. The molecule has 0 saturated carbocycles. The van der Waals surface area contributed by atoms with Gasteiger partial charge in [-0.1, -0.05) is 23.7 Å². The summed E-state index contributed by atoms with van der Waals surface area (Å²) in [7, 11) is 3.16. The third kappa shape index (κ3) is 9.05. The molecule has 3 rings (SSSR count). The summed E-state index contributed by atoms with van der Waals surface area (Å²) in [4.78, 5) is 40.7. The Kier molecular flexibility index (Phi) is 11.8. The quantitative estimate of drug-likeness (QED) is 0.374. The van der Waals surface area contributed by atoms with Gasteiger partial charge in [-0.2, -0.15) is 0 Å². The molecule has 2 fully saturated rings. The number of carbonyl (C=O) groups is 3. The number of piperidine rings is 2. The highest BCUT2D eigenvalue weighted by Crippen LogP contribution is 2.34. The number of hydrogen-bond donors (Lipinski definition) is 3. The molecule has 11 heteroatoms. The monoisotopic (exact) mass is 537 g/mol. The summed E-state index contributed by atoms with van der Waals surface area (Å²) in [6, 6.07) is 7.25. The molecule has 2 aliphatic heterocycles. The van der Waals surface area contributed by atoms with Crippen LogP contribution in [0.25, 0.3) is 0 Å². The summed E-state index contributed by atoms with van der Waals surface area (Å²) in [5.74, 6) is 0.213. The second kappa shape index (κ2) is 15.0. The minimum Gasteiger partial charge on any atom is -0.453 e. The lowest BCUT2D eigenvalue weighted by atomic mass is 9.88. The highest BCUT2D eigenvalue weighted by atomic mass is 35.5. The van der Waals surface area contributed by atoms with Crippen molar-refractivity contribution in [3.63, 3.8) is 0 Å². The number of halogens is 1. The zero-order valence-electron chi connectivity index (χ0n) is 21.8. The zero-order chi connectivity index (χ0) is 26.6. The van der Waals surface area contributed by atoms with Crippen LogP contribution in [0, 0.1) is 5.92 Å². The summed E-state index contributed by atoms with van der Waals surface area (Å²) < 4.78 is 10.9. The Hall–Kier alpha value is -2.56. The predicted molar refractivity (Wildman–Crippen MR) is 142 cm³/mol. The van der Waals surface area contributed by atoms with Crippen LogP contribution in [0.2, 0.25) is 5.02 Å². The van der Waals surface area contributed by atoms with Gasteiger partial charge >= 0.3 is 12.1 Å². The number of nitrogens with one attached hydrogen (secondary N) is 3. The molecule has 206 valence electrons. The highest BCUT2D eigenvalue weighted by molar-refractivity contribution is 6.30. The second-order valence-electron chi connectivity index (χ2n) is 9.61. The van der Waals surface area contributed by atoms with Gasteiger partial charge in [0.05, 0.1) is 25.9 Å². The van der Waals surface area contributed by atoms with Gasteiger partial charge in [-0.05, 0) is 50.4 Å². The molecule has 0 spiro atoms. The molecule has 1 aromatic rings. The number of alkyl carbamates (subject to hydrolysis) is 1. The van der Waals surface area contributed by atoms with Crippen molar-refractivity contribution in [2.75, 3.05) is 60.0 Å². The number of benzene rings is 1. The van der Waals surface area contributed by atoms with E-state index in [1.807, 2.05) is 41.1 Å². The minimum absolute atomic E-state index is 0.0579. The fraction of sp³-hybridized carbons (Fsp3) is 0.654. The van der Waals surface area contributed by atoms with E-state index in [1.165, 1.54) is 7.11 Å². The number of likely N-dealkylation sites (N-methyl/N-ethyl adjacent to an activating group) is 1. The Morgan fingerprint density at radius 3 is 2.78 bits per heavy atom. The average Bonchev–Trinajstić information content (AvgIpc) is 2.90. The topological polar surface area (TPSA) is 112 Å². The molecule has 2 aliphatic rings. The van der Waals surface area contributed by atoms with Crippen LogP contribution in [0.5, 0.6) is 0 Å². The maximum atomic E-state index is 13.3. The van der Waals surface area contributed by atoms with Crippen LogP contribution in [0.1, 0.15) is 43.8 Å². The van der Waals surface area contributed by atoms with Gasteiger partial charge in [0.1, 0.15) is 0 Å². The Bertz CT molecular complexity index is 904. The lowest BCUT2D eigenvalue weighted by Gasteiger charge is -2.38. The maximum absolute atomic E-state index is 13.3. The molecule has 0 radical (unpaired) electrons. The van der Waals surface area contributed by atoms with E-state index in [1.54, 1.807) is 0 Å². The first-order valence-electron chi connectivity index (χ1n) is 13.1. The van der Waals surface area contributed by atoms with Gasteiger partial charge in [0, 0.05) is 56.6 Å². The van der Waals surface area contributed by atoms with E-state index < -0.39 is 6.09 Å². The Morgan fingerprint density at radius 2 is 2.05 bits per heavy atom. The lowest BCUT2D eigenvalue weighted by Crippen LogP contribution is -2.55. The smallest absolute Gasteiger partial charge is 0.406 e. The van der Waals surface area contributed by atoms with Gasteiger partial charge in [-0.15, -0.1) is 0 Å². The molecule has 1 aromatic carbocycles. The van der Waals surface area contributed by atoms with Crippen LogP contribution in [-0.4, -0.2) is 93.9 Å². The lowest BCUT2D eigenvalue weighted by molar-refractivity contribution is -0.133. The molecule has 10 nitrogen and oxygen atoms in total. The van der Waals surface area contributed by atoms with Crippen LogP contribution in [0.15, 0.2) is 24.3 Å². The van der Waals surface area contributed by atoms with Gasteiger partial charge in [0.25, 0.3) is 0 Å². The van der Waals surface area contributed by atoms with Gasteiger partial charge in [0.15, 0.2) is 0 Å². The van der Waals surface area contributed by atoms with Crippen molar-refractivity contribution in [1.82, 2.24) is 25.8 Å². The summed E-state index contributed by atoms with van der Waals surface area (Å²) in [5, 5.41) is 9.52. The summed E-state index contributed by atoms with van der Waals surface area (Å²) in [5.41, 5.74) is 0.939. The van der Waals surface area contributed by atoms with Crippen LogP contribution in [0.4, 0.5) is 9.59 Å². The molecular formula is C26H40ClN5O5. The summed E-state index contributed by atoms with van der Waals surface area (Å²) in [6.07, 6.45) is 3.46. The first-order chi connectivity index (χ1) is 17.9. The number of rotatable bonds is 11. The number of ether oxygens (including phenoxy) is 2. The maximum Gasteiger partial charge on any atom is 0.406 e. The van der Waals surface area contributed by atoms with E-state index in [-0.39, 0.29) is 30.0 Å². The van der Waals surface area contributed by atoms with Crippen molar-refractivity contribution in [3.05, 3.63) is 34.9 Å². The Balaban J connectivity index is 1.63. The third-order valence-corrected chi connectivity index (χ3v) is 7.08. The van der Waals surface area contributed by atoms with Crippen LogP contribution in [-0.2, 0) is 14.3 Å². The third-order valence-electron chi connectivity index (χ3n) is 6.84. The first kappa shape index (κ1) is 29.0. The molecule has 2 heterocycles. The fourth-order valence-electron chi connectivity index (χ4n) is 5.04. The molecule has 4 amide bonds. The number of nitrogens with zero attached hydrogens (tertiary/aromatic N) is 2. The van der Waals surface area contributed by atoms with E-state index in [9.17, 15) is 14.4 Å². The molecule has 0 bridgehead atoms. The van der Waals surface area contributed by atoms with Crippen molar-refractivity contribution < 1.29 is 23.9 Å². The SMILES string of the molecule is CNCC(CN1CCCCC1=O)NC(=O)N1CCCC(C(OCCNC(=O)OC)c2cccc(Cl)c2)C1. The van der Waals surface area contributed by atoms with Gasteiger partial charge in [-0.3, -0.25) is 4.79 Å². The average molecular weight is 538 g/mol. The number of likely N-dealkylation sites (tertiary alicyclic amines) is 2. The molecule has 37 heavy (non-hydrogen) atoms. The zero-order valence-corrected chi connectivity index (χ0v) is 22.6. The number of amides is 4. The number of methoxy groups -OCH3 is 1. The van der Waals surface area contributed by atoms with Crippen molar-refractivity contribution in [1.29, 1.82) is 0 Å². The highest BCUT2D eigenvalue weighted by Gasteiger charge is 2.32. The van der Waals surface area contributed by atoms with E-state index in [0.29, 0.717) is 50.8 Å². The summed E-state index contributed by atoms with van der Waals surface area (Å²) in [6.45, 7) is 3.61. The molecule has 3 N–H and O–H groups in total. The summed E-state index contributed by atoms with van der Waals surface area (Å²) >= 11 is 6.27. The standard InChI is InChI=1S/C26H40ClN5O5/c1-28-16-22(18-31-12-4-3-10-23(31)33)30-25(34)32-13-6-8-20(17-32)24(19-7-5-9-21(27)15-19)37-14-11-29-26(35)36-2/h5,7,9,15,20,22,24,28H,3-4,6,8,10-14,16-18H2,1-2H3,(H,29,35)(H,30,34). The largest absolute Gasteiger partial charge is 0.453 e. The van der Waals surface area contributed by atoms with Gasteiger partial charge in [0.2, 0.25) is 5.91 Å². The Morgan fingerprint density at radius 1 is 1.22 bits per heavy atom. The molecule has 0 aromatic heterocycles. The Labute approximate surface area is 224 Å². The van der Waals surface area contributed by atoms with Gasteiger partial charge in [-0.25, -0.2) is 9.59 Å². The van der Waals surface area contributed by atoms with Crippen LogP contribution in [0.3, 0.4) is 0 Å². The van der Waals surface area contributed by atoms with E-state index >= 15 is 0 Å². The van der Waals surface area contributed by atoms with Crippen molar-refractivity contribution in [2.24, 2.45) is 5.92 Å². The van der Waals surface area contributed by atoms with Crippen molar-refractivity contribution in [2.45, 2.75) is 44.2 Å². The van der Waals surface area contributed by atoms with Gasteiger partial charge < -0.3 is 35.2 Å². The molecular weight excluding hydrogens is 498 g/mol. The van der Waals surface area contributed by atoms with Crippen molar-refractivity contribution >= 4 is 29.6 Å². The number of carbonyl (C=O) groups excluding carboxylic acids is 3. The van der Waals surface area contributed by atoms with E-state index in [4.69, 9.17) is 16.3 Å². The normalized spacial score (nSPS) is 19.8. The first-order valence-corrected chi connectivity index (χ1v) is 13.5. The molecule has 0 aliphatic carbocycles. The van der Waals surface area contributed by atoms with E-state index in [0.717, 1.165) is 37.8 Å². The molecule has 2 saturated heterocycles. The minimum atomic E-state index is -0.509. The predicted octanol–water partition coefficient (Wildman–Crippen LogP) is 2.78. The molecule has 3 unspecified atom stereocenters. The second-order valence-corrected chi connectivity index (χ2v) is 10.1. The number of hydrogen-bond acceptors (Lipinski definition) is 6. The van der Waals surface area contributed by atoms with Crippen LogP contribution < -0.4 is 16.0 Å². The van der Waals surface area contributed by atoms with Crippen molar-refractivity contribution in [3.8, 4) is 0 Å².